The fraction of sp³-hybridized carbons (Fsp3) is 0.0476. The summed E-state index contributed by atoms with van der Waals surface area (Å²) in [6.45, 7) is 1.83. The van der Waals surface area contributed by atoms with Crippen molar-refractivity contribution in [3.05, 3.63) is 78.2 Å². The van der Waals surface area contributed by atoms with Gasteiger partial charge >= 0.3 is 6.03 Å². The van der Waals surface area contributed by atoms with Crippen molar-refractivity contribution in [3.63, 3.8) is 0 Å². The van der Waals surface area contributed by atoms with E-state index in [2.05, 4.69) is 15.6 Å². The highest BCUT2D eigenvalue weighted by atomic mass is 19.1. The summed E-state index contributed by atoms with van der Waals surface area (Å²) < 4.78 is 15.6. The van der Waals surface area contributed by atoms with E-state index in [1.54, 1.807) is 30.5 Å². The second kappa shape index (κ2) is 7.03. The van der Waals surface area contributed by atoms with Crippen LogP contribution in [0.25, 0.3) is 16.8 Å². The van der Waals surface area contributed by atoms with E-state index in [-0.39, 0.29) is 5.69 Å². The topological polar surface area (TPSA) is 84.5 Å². The zero-order chi connectivity index (χ0) is 19.7. The Morgan fingerprint density at radius 3 is 2.64 bits per heavy atom. The number of carbonyl (C=O) groups is 1. The number of nitrogens with zero attached hydrogens (tertiary/aromatic N) is 2. The number of pyridine rings is 1. The number of anilines is 3. The van der Waals surface area contributed by atoms with Gasteiger partial charge in [0.1, 0.15) is 5.82 Å². The molecule has 0 saturated carbocycles. The predicted octanol–water partition coefficient (Wildman–Crippen LogP) is 4.68. The summed E-state index contributed by atoms with van der Waals surface area (Å²) in [5.74, 6) is -0.0746. The maximum atomic E-state index is 13.8. The number of urea groups is 1. The third kappa shape index (κ3) is 3.37. The molecular weight excluding hydrogens is 357 g/mol. The van der Waals surface area contributed by atoms with Crippen LogP contribution in [0.4, 0.5) is 26.5 Å². The lowest BCUT2D eigenvalue weighted by Gasteiger charge is -2.11. The first-order valence-corrected chi connectivity index (χ1v) is 8.68. The molecular formula is C21H18FN5O. The maximum Gasteiger partial charge on any atom is 0.323 e. The van der Waals surface area contributed by atoms with Gasteiger partial charge in [0.25, 0.3) is 0 Å². The van der Waals surface area contributed by atoms with Gasteiger partial charge in [0.2, 0.25) is 5.95 Å². The number of hydrogen-bond acceptors (Lipinski definition) is 3. The summed E-state index contributed by atoms with van der Waals surface area (Å²) in [5.41, 5.74) is 10.3. The normalized spacial score (nSPS) is 10.8. The van der Waals surface area contributed by atoms with Crippen molar-refractivity contribution in [2.75, 3.05) is 16.4 Å². The average molecular weight is 375 g/mol. The van der Waals surface area contributed by atoms with E-state index >= 15 is 0 Å². The van der Waals surface area contributed by atoms with Crippen molar-refractivity contribution in [1.29, 1.82) is 0 Å². The van der Waals surface area contributed by atoms with E-state index in [4.69, 9.17) is 5.73 Å². The Morgan fingerprint density at radius 2 is 1.86 bits per heavy atom. The number of hydrogen-bond donors (Lipinski definition) is 3. The van der Waals surface area contributed by atoms with E-state index in [0.29, 0.717) is 11.6 Å². The van der Waals surface area contributed by atoms with Gasteiger partial charge in [-0.05, 0) is 54.4 Å². The van der Waals surface area contributed by atoms with Gasteiger partial charge in [0.15, 0.2) is 0 Å². The third-order valence-electron chi connectivity index (χ3n) is 4.39. The smallest absolute Gasteiger partial charge is 0.323 e. The van der Waals surface area contributed by atoms with Gasteiger partial charge < -0.3 is 16.4 Å². The number of halogens is 1. The molecule has 4 N–H and O–H groups in total. The number of nitrogen functional groups attached to an aromatic ring is 1. The Balaban J connectivity index is 1.52. The zero-order valence-electron chi connectivity index (χ0n) is 15.1. The van der Waals surface area contributed by atoms with E-state index in [1.807, 2.05) is 41.7 Å². The molecule has 0 saturated heterocycles. The molecule has 2 amide bonds. The number of nitrogens with one attached hydrogen (secondary N) is 2. The van der Waals surface area contributed by atoms with Crippen LogP contribution in [0, 0.1) is 12.7 Å². The molecule has 2 heterocycles. The standard InChI is InChI=1S/C21H18FN5O/c1-13-5-10-17(22)18(11-13)26-21(28)25-15-8-6-14(7-9-15)19-4-2-3-16-12-24-20(23)27(16)19/h2-12H,1H3,(H2,23,24)(H2,25,26,28). The Morgan fingerprint density at radius 1 is 1.07 bits per heavy atom. The Kier molecular flexibility index (Phi) is 4.41. The van der Waals surface area contributed by atoms with Gasteiger partial charge in [0.05, 0.1) is 23.1 Å². The Hall–Kier alpha value is -3.87. The molecule has 2 aromatic carbocycles. The molecule has 0 radical (unpaired) electrons. The minimum Gasteiger partial charge on any atom is -0.369 e. The molecule has 0 spiro atoms. The molecule has 0 atom stereocenters. The fourth-order valence-corrected chi connectivity index (χ4v) is 3.04. The number of benzene rings is 2. The van der Waals surface area contributed by atoms with Crippen molar-refractivity contribution in [3.8, 4) is 11.3 Å². The van der Waals surface area contributed by atoms with Gasteiger partial charge in [-0.3, -0.25) is 4.40 Å². The van der Waals surface area contributed by atoms with Crippen LogP contribution in [0.5, 0.6) is 0 Å². The van der Waals surface area contributed by atoms with Gasteiger partial charge in [-0.1, -0.05) is 24.3 Å². The van der Waals surface area contributed by atoms with Gasteiger partial charge in [-0.2, -0.15) is 0 Å². The molecule has 0 bridgehead atoms. The van der Waals surface area contributed by atoms with E-state index in [1.165, 1.54) is 6.07 Å². The molecule has 0 aliphatic carbocycles. The molecule has 28 heavy (non-hydrogen) atoms. The molecule has 0 fully saturated rings. The van der Waals surface area contributed by atoms with E-state index in [0.717, 1.165) is 22.3 Å². The van der Waals surface area contributed by atoms with Crippen LogP contribution < -0.4 is 16.4 Å². The number of nitrogens with two attached hydrogens (primary N) is 1. The van der Waals surface area contributed by atoms with E-state index < -0.39 is 11.8 Å². The predicted molar refractivity (Wildman–Crippen MR) is 109 cm³/mol. The highest BCUT2D eigenvalue weighted by Gasteiger charge is 2.09. The number of carbonyl (C=O) groups excluding carboxylic acids is 1. The third-order valence-corrected chi connectivity index (χ3v) is 4.39. The van der Waals surface area contributed by atoms with Crippen LogP contribution in [0.1, 0.15) is 5.56 Å². The molecule has 0 aliphatic heterocycles. The van der Waals surface area contributed by atoms with Crippen LogP contribution in [0.2, 0.25) is 0 Å². The van der Waals surface area contributed by atoms with Crippen LogP contribution in [0.3, 0.4) is 0 Å². The van der Waals surface area contributed by atoms with Crippen molar-refractivity contribution >= 4 is 28.9 Å². The number of fused-ring (bicyclic) bond motifs is 1. The van der Waals surface area contributed by atoms with Crippen LogP contribution >= 0.6 is 0 Å². The zero-order valence-corrected chi connectivity index (χ0v) is 15.1. The number of imidazole rings is 1. The van der Waals surface area contributed by atoms with Crippen molar-refractivity contribution < 1.29 is 9.18 Å². The fourth-order valence-electron chi connectivity index (χ4n) is 3.04. The lowest BCUT2D eigenvalue weighted by atomic mass is 10.1. The molecule has 2 aromatic heterocycles. The highest BCUT2D eigenvalue weighted by molar-refractivity contribution is 6.00. The first-order valence-electron chi connectivity index (χ1n) is 8.68. The second-order valence-electron chi connectivity index (χ2n) is 6.43. The molecule has 0 aliphatic rings. The summed E-state index contributed by atoms with van der Waals surface area (Å²) in [6, 6.07) is 17.1. The van der Waals surface area contributed by atoms with Crippen molar-refractivity contribution in [2.45, 2.75) is 6.92 Å². The van der Waals surface area contributed by atoms with Crippen LogP contribution in [-0.4, -0.2) is 15.4 Å². The van der Waals surface area contributed by atoms with Crippen LogP contribution in [-0.2, 0) is 0 Å². The first-order chi connectivity index (χ1) is 13.5. The molecule has 140 valence electrons. The molecule has 0 unspecified atom stereocenters. The van der Waals surface area contributed by atoms with Gasteiger partial charge in [-0.15, -0.1) is 0 Å². The second-order valence-corrected chi connectivity index (χ2v) is 6.43. The van der Waals surface area contributed by atoms with E-state index in [9.17, 15) is 9.18 Å². The quantitative estimate of drug-likeness (QED) is 0.486. The summed E-state index contributed by atoms with van der Waals surface area (Å²) >= 11 is 0. The lowest BCUT2D eigenvalue weighted by molar-refractivity contribution is 0.262. The lowest BCUT2D eigenvalue weighted by Crippen LogP contribution is -2.20. The maximum absolute atomic E-state index is 13.8. The largest absolute Gasteiger partial charge is 0.369 e. The van der Waals surface area contributed by atoms with Crippen molar-refractivity contribution in [2.24, 2.45) is 0 Å². The summed E-state index contributed by atoms with van der Waals surface area (Å²) in [5, 5.41) is 5.22. The molecule has 4 aromatic rings. The highest BCUT2D eigenvalue weighted by Crippen LogP contribution is 2.25. The van der Waals surface area contributed by atoms with Crippen LogP contribution in [0.15, 0.2) is 66.9 Å². The number of aryl methyl sites for hydroxylation is 1. The van der Waals surface area contributed by atoms with Gasteiger partial charge in [0, 0.05) is 5.69 Å². The minimum absolute atomic E-state index is 0.136. The summed E-state index contributed by atoms with van der Waals surface area (Å²) in [6.07, 6.45) is 1.71. The molecule has 6 nitrogen and oxygen atoms in total. The molecule has 7 heteroatoms. The molecule has 4 rings (SSSR count). The van der Waals surface area contributed by atoms with Gasteiger partial charge in [-0.25, -0.2) is 14.2 Å². The van der Waals surface area contributed by atoms with Crippen molar-refractivity contribution in [1.82, 2.24) is 9.38 Å². The first kappa shape index (κ1) is 17.5. The Bertz CT molecular complexity index is 1170. The Labute approximate surface area is 160 Å². The SMILES string of the molecule is Cc1ccc(F)c(NC(=O)Nc2ccc(-c3cccc4cnc(N)n34)cc2)c1. The number of amides is 2. The summed E-state index contributed by atoms with van der Waals surface area (Å²) in [4.78, 5) is 16.3. The monoisotopic (exact) mass is 375 g/mol. The minimum atomic E-state index is -0.516. The summed E-state index contributed by atoms with van der Waals surface area (Å²) in [7, 11) is 0. The number of aromatic nitrogens is 2. The average Bonchev–Trinajstić information content (AvgIpc) is 3.07. The number of rotatable bonds is 3.